The number of phenols is 1. The fraction of sp³-hybridized carbons (Fsp3) is 0.360. The third-order valence-electron chi connectivity index (χ3n) is 6.92. The van der Waals surface area contributed by atoms with Gasteiger partial charge >= 0.3 is 0 Å². The quantitative estimate of drug-likeness (QED) is 0.641. The highest BCUT2D eigenvalue weighted by Crippen LogP contribution is 2.35. The molecule has 0 spiro atoms. The number of benzene rings is 2. The van der Waals surface area contributed by atoms with Gasteiger partial charge in [-0.3, -0.25) is 24.6 Å². The topological polar surface area (TPSA) is 117 Å². The minimum Gasteiger partial charge on any atom is -0.508 e. The van der Waals surface area contributed by atoms with Crippen LogP contribution in [0.5, 0.6) is 5.75 Å². The Morgan fingerprint density at radius 2 is 1.89 bits per heavy atom. The third-order valence-corrected chi connectivity index (χ3v) is 6.92. The number of piperidine rings is 1. The molecule has 10 heteroatoms. The molecule has 2 aromatic carbocycles. The van der Waals surface area contributed by atoms with Gasteiger partial charge in [0.1, 0.15) is 17.6 Å². The van der Waals surface area contributed by atoms with Gasteiger partial charge in [0.05, 0.1) is 11.6 Å². The van der Waals surface area contributed by atoms with E-state index in [1.165, 1.54) is 23.1 Å². The van der Waals surface area contributed by atoms with Gasteiger partial charge in [-0.25, -0.2) is 4.39 Å². The number of anilines is 1. The van der Waals surface area contributed by atoms with Crippen molar-refractivity contribution in [1.29, 1.82) is 5.26 Å². The smallest absolute Gasteiger partial charge is 0.255 e. The van der Waals surface area contributed by atoms with Crippen LogP contribution >= 0.6 is 0 Å². The van der Waals surface area contributed by atoms with Gasteiger partial charge in [-0.2, -0.15) is 5.26 Å². The average molecular weight is 477 g/mol. The number of carbonyl (C=O) groups excluding carboxylic acids is 3. The Kier molecular flexibility index (Phi) is 5.86. The molecule has 0 saturated carbocycles. The maximum absolute atomic E-state index is 14.5. The van der Waals surface area contributed by atoms with Crippen molar-refractivity contribution in [2.45, 2.75) is 32.0 Å². The second-order valence-electron chi connectivity index (χ2n) is 9.07. The number of nitrogens with one attached hydrogen (secondary N) is 1. The van der Waals surface area contributed by atoms with E-state index in [4.69, 9.17) is 5.26 Å². The average Bonchev–Trinajstić information content (AvgIpc) is 3.16. The molecule has 35 heavy (non-hydrogen) atoms. The summed E-state index contributed by atoms with van der Waals surface area (Å²) < 4.78 is 14.5. The Morgan fingerprint density at radius 3 is 2.57 bits per heavy atom. The summed E-state index contributed by atoms with van der Waals surface area (Å²) in [7, 11) is 0. The number of hydrogen-bond donors (Lipinski definition) is 2. The third kappa shape index (κ3) is 4.31. The zero-order valence-corrected chi connectivity index (χ0v) is 19.0. The van der Waals surface area contributed by atoms with Crippen molar-refractivity contribution in [3.8, 4) is 11.8 Å². The summed E-state index contributed by atoms with van der Waals surface area (Å²) in [6.45, 7) is 3.23. The van der Waals surface area contributed by atoms with E-state index in [1.807, 2.05) is 11.0 Å². The second-order valence-corrected chi connectivity index (χ2v) is 9.07. The molecular formula is C25H24FN5O4. The van der Waals surface area contributed by atoms with Crippen LogP contribution in [0.15, 0.2) is 30.3 Å². The molecule has 3 amide bonds. The minimum absolute atomic E-state index is 0.0847. The highest BCUT2D eigenvalue weighted by molar-refractivity contribution is 6.06. The standard InChI is InChI=1S/C25H24FN5O4/c26-17-10-18-19(14-31(25(18)35)20-3-4-23(33)28-24(20)34)21(11-17)30-7-5-29(6-8-30)13-16-2-1-15(12-27)9-22(16)32/h1-2,9-11,20,32H,3-8,13-14H2,(H,28,33,34). The van der Waals surface area contributed by atoms with Crippen molar-refractivity contribution in [3.63, 3.8) is 0 Å². The van der Waals surface area contributed by atoms with E-state index in [0.717, 1.165) is 5.56 Å². The molecule has 3 heterocycles. The zero-order valence-electron chi connectivity index (χ0n) is 19.0. The van der Waals surface area contributed by atoms with Crippen LogP contribution in [-0.4, -0.2) is 64.8 Å². The molecule has 1 atom stereocenters. The molecule has 0 radical (unpaired) electrons. The van der Waals surface area contributed by atoms with Gasteiger partial charge in [-0.1, -0.05) is 6.07 Å². The summed E-state index contributed by atoms with van der Waals surface area (Å²) in [5.41, 5.74) is 2.73. The Morgan fingerprint density at radius 1 is 1.11 bits per heavy atom. The number of nitrogens with zero attached hydrogens (tertiary/aromatic N) is 4. The van der Waals surface area contributed by atoms with Gasteiger partial charge in [-0.05, 0) is 30.7 Å². The number of imide groups is 1. The van der Waals surface area contributed by atoms with E-state index in [9.17, 15) is 23.9 Å². The zero-order chi connectivity index (χ0) is 24.7. The lowest BCUT2D eigenvalue weighted by Crippen LogP contribution is -2.52. The number of piperazine rings is 1. The van der Waals surface area contributed by atoms with Gasteiger partial charge in [0, 0.05) is 68.1 Å². The summed E-state index contributed by atoms with van der Waals surface area (Å²) in [4.78, 5) is 42.5. The molecule has 0 aromatic heterocycles. The Hall–Kier alpha value is -3.97. The first-order chi connectivity index (χ1) is 16.8. The molecule has 2 fully saturated rings. The maximum Gasteiger partial charge on any atom is 0.255 e. The largest absolute Gasteiger partial charge is 0.508 e. The summed E-state index contributed by atoms with van der Waals surface area (Å²) in [6, 6.07) is 8.78. The van der Waals surface area contributed by atoms with Crippen LogP contribution < -0.4 is 10.2 Å². The number of hydrogen-bond acceptors (Lipinski definition) is 7. The minimum atomic E-state index is -0.750. The van der Waals surface area contributed by atoms with Gasteiger partial charge in [0.25, 0.3) is 5.91 Å². The predicted molar refractivity (Wildman–Crippen MR) is 123 cm³/mol. The fourth-order valence-electron chi connectivity index (χ4n) is 5.04. The van der Waals surface area contributed by atoms with Crippen molar-refractivity contribution in [1.82, 2.24) is 15.1 Å². The highest BCUT2D eigenvalue weighted by Gasteiger charge is 2.41. The second kappa shape index (κ2) is 9.00. The normalized spacial score (nSPS) is 20.6. The summed E-state index contributed by atoms with van der Waals surface area (Å²) in [5.74, 6) is -1.67. The van der Waals surface area contributed by atoms with Gasteiger partial charge in [0.15, 0.2) is 0 Å². The molecule has 0 bridgehead atoms. The molecule has 1 unspecified atom stereocenters. The summed E-state index contributed by atoms with van der Waals surface area (Å²) in [6.07, 6.45) is 0.414. The number of phenolic OH excluding ortho intramolecular Hbond substituents is 1. The lowest BCUT2D eigenvalue weighted by Gasteiger charge is -2.37. The molecule has 2 aromatic rings. The van der Waals surface area contributed by atoms with Crippen molar-refractivity contribution in [2.75, 3.05) is 31.1 Å². The Bertz CT molecular complexity index is 1270. The molecule has 180 valence electrons. The number of fused-ring (bicyclic) bond motifs is 1. The Labute approximate surface area is 201 Å². The van der Waals surface area contributed by atoms with Crippen LogP contribution in [-0.2, 0) is 22.7 Å². The predicted octanol–water partition coefficient (Wildman–Crippen LogP) is 1.49. The maximum atomic E-state index is 14.5. The van der Waals surface area contributed by atoms with Crippen LogP contribution in [0.4, 0.5) is 10.1 Å². The molecular weight excluding hydrogens is 453 g/mol. The molecule has 2 saturated heterocycles. The van der Waals surface area contributed by atoms with Crippen LogP contribution in [0, 0.1) is 17.1 Å². The number of rotatable bonds is 4. The molecule has 0 aliphatic carbocycles. The first kappa shape index (κ1) is 22.8. The highest BCUT2D eigenvalue weighted by atomic mass is 19.1. The lowest BCUT2D eigenvalue weighted by atomic mass is 10.0. The number of carbonyl (C=O) groups is 3. The van der Waals surface area contributed by atoms with Crippen LogP contribution in [0.2, 0.25) is 0 Å². The van der Waals surface area contributed by atoms with Gasteiger partial charge in [0.2, 0.25) is 11.8 Å². The molecule has 5 rings (SSSR count). The van der Waals surface area contributed by atoms with Crippen molar-refractivity contribution < 1.29 is 23.9 Å². The van der Waals surface area contributed by atoms with E-state index in [2.05, 4.69) is 10.2 Å². The van der Waals surface area contributed by atoms with Crippen molar-refractivity contribution >= 4 is 23.4 Å². The summed E-state index contributed by atoms with van der Waals surface area (Å²) in [5, 5.41) is 21.4. The van der Waals surface area contributed by atoms with Crippen molar-refractivity contribution in [2.24, 2.45) is 0 Å². The number of halogens is 1. The molecule has 9 nitrogen and oxygen atoms in total. The van der Waals surface area contributed by atoms with E-state index < -0.39 is 23.7 Å². The molecule has 2 N–H and O–H groups in total. The van der Waals surface area contributed by atoms with E-state index in [-0.39, 0.29) is 36.6 Å². The monoisotopic (exact) mass is 477 g/mol. The first-order valence-electron chi connectivity index (χ1n) is 11.5. The van der Waals surface area contributed by atoms with E-state index in [1.54, 1.807) is 12.1 Å². The number of aromatic hydroxyl groups is 1. The van der Waals surface area contributed by atoms with E-state index >= 15 is 0 Å². The van der Waals surface area contributed by atoms with Gasteiger partial charge in [-0.15, -0.1) is 0 Å². The van der Waals surface area contributed by atoms with Gasteiger partial charge < -0.3 is 14.9 Å². The number of amides is 3. The first-order valence-corrected chi connectivity index (χ1v) is 11.5. The molecule has 3 aliphatic heterocycles. The van der Waals surface area contributed by atoms with Crippen LogP contribution in [0.1, 0.15) is 39.9 Å². The number of nitriles is 1. The fourth-order valence-corrected chi connectivity index (χ4v) is 5.04. The van der Waals surface area contributed by atoms with Crippen LogP contribution in [0.3, 0.4) is 0 Å². The summed E-state index contributed by atoms with van der Waals surface area (Å²) >= 11 is 0. The SMILES string of the molecule is N#Cc1ccc(CN2CCN(c3cc(F)cc4c3CN(C3CCC(=O)NC3=O)C4=O)CC2)c(O)c1. The van der Waals surface area contributed by atoms with Crippen LogP contribution in [0.25, 0.3) is 0 Å². The lowest BCUT2D eigenvalue weighted by molar-refractivity contribution is -0.136. The molecule has 3 aliphatic rings. The Balaban J connectivity index is 1.30. The van der Waals surface area contributed by atoms with E-state index in [0.29, 0.717) is 49.5 Å². The van der Waals surface area contributed by atoms with Crippen molar-refractivity contribution in [3.05, 3.63) is 58.4 Å².